The Bertz CT molecular complexity index is 397. The maximum atomic E-state index is 12.0. The topological polar surface area (TPSA) is 26.3 Å². The number of hydrogen-bond donors (Lipinski definition) is 0. The van der Waals surface area contributed by atoms with Gasteiger partial charge in [-0.25, -0.2) is 0 Å². The van der Waals surface area contributed by atoms with E-state index >= 15 is 0 Å². The van der Waals surface area contributed by atoms with Gasteiger partial charge in [-0.15, -0.1) is 11.3 Å². The average molecular weight is 382 g/mol. The minimum Gasteiger partial charge on any atom is -0.378 e. The Kier molecular flexibility index (Phi) is 5.21. The zero-order valence-corrected chi connectivity index (χ0v) is 13.4. The van der Waals surface area contributed by atoms with Gasteiger partial charge >= 0.3 is 0 Å². The molecule has 1 aromatic heterocycles. The predicted molar refractivity (Wildman–Crippen MR) is 76.9 cm³/mol. The summed E-state index contributed by atoms with van der Waals surface area (Å²) < 4.78 is 7.53. The van der Waals surface area contributed by atoms with E-state index in [1.807, 2.05) is 6.07 Å². The molecule has 0 saturated carbocycles. The Labute approximate surface area is 122 Å². The summed E-state index contributed by atoms with van der Waals surface area (Å²) in [5, 5.41) is 0. The maximum Gasteiger partial charge on any atom is 0.165 e. The molecular formula is C12H14Br2O2S. The number of rotatable bonds is 4. The molecule has 5 heteroatoms. The van der Waals surface area contributed by atoms with E-state index in [0.717, 1.165) is 39.0 Å². The Balaban J connectivity index is 1.86. The average Bonchev–Trinajstić information content (AvgIpc) is 2.67. The van der Waals surface area contributed by atoms with Crippen molar-refractivity contribution < 1.29 is 9.53 Å². The molecule has 94 valence electrons. The molecule has 0 bridgehead atoms. The zero-order valence-electron chi connectivity index (χ0n) is 9.38. The van der Waals surface area contributed by atoms with Crippen LogP contribution in [0, 0.1) is 0 Å². The van der Waals surface area contributed by atoms with Crippen molar-refractivity contribution in [3.8, 4) is 0 Å². The smallest absolute Gasteiger partial charge is 0.165 e. The van der Waals surface area contributed by atoms with Crippen LogP contribution in [-0.2, 0) is 4.74 Å². The van der Waals surface area contributed by atoms with Gasteiger partial charge in [-0.2, -0.15) is 0 Å². The van der Waals surface area contributed by atoms with Crippen molar-refractivity contribution in [3.63, 3.8) is 0 Å². The highest BCUT2D eigenvalue weighted by Crippen LogP contribution is 2.33. The summed E-state index contributed by atoms with van der Waals surface area (Å²) in [4.78, 5) is 12.0. The van der Waals surface area contributed by atoms with Crippen LogP contribution in [0.15, 0.2) is 13.6 Å². The minimum absolute atomic E-state index is 0.202. The molecule has 1 aromatic rings. The van der Waals surface area contributed by atoms with E-state index in [4.69, 9.17) is 4.74 Å². The first-order valence-corrected chi connectivity index (χ1v) is 8.16. The van der Waals surface area contributed by atoms with E-state index in [1.54, 1.807) is 11.3 Å². The maximum absolute atomic E-state index is 12.0. The fraction of sp³-hybridized carbons (Fsp3) is 0.583. The molecule has 0 radical (unpaired) electrons. The fourth-order valence-electron chi connectivity index (χ4n) is 1.99. The summed E-state index contributed by atoms with van der Waals surface area (Å²) in [6, 6.07) is 1.89. The Morgan fingerprint density at radius 1 is 1.47 bits per heavy atom. The third-order valence-corrected chi connectivity index (χ3v) is 5.26. The first kappa shape index (κ1) is 13.7. The van der Waals surface area contributed by atoms with Crippen LogP contribution in [0.25, 0.3) is 0 Å². The van der Waals surface area contributed by atoms with E-state index < -0.39 is 0 Å². The molecule has 0 spiro atoms. The van der Waals surface area contributed by atoms with Gasteiger partial charge in [0.2, 0.25) is 0 Å². The first-order valence-electron chi connectivity index (χ1n) is 5.76. The van der Waals surface area contributed by atoms with E-state index in [0.29, 0.717) is 6.42 Å². The van der Waals surface area contributed by atoms with Gasteiger partial charge < -0.3 is 4.74 Å². The molecule has 2 rings (SSSR count). The quantitative estimate of drug-likeness (QED) is 0.699. The molecule has 1 aliphatic heterocycles. The lowest BCUT2D eigenvalue weighted by Gasteiger charge is -2.22. The van der Waals surface area contributed by atoms with Gasteiger partial charge in [-0.1, -0.05) is 0 Å². The van der Waals surface area contributed by atoms with Crippen molar-refractivity contribution in [1.29, 1.82) is 0 Å². The minimum atomic E-state index is 0.202. The molecule has 2 nitrogen and oxygen atoms in total. The summed E-state index contributed by atoms with van der Waals surface area (Å²) in [7, 11) is 0. The van der Waals surface area contributed by atoms with Gasteiger partial charge in [0.1, 0.15) is 0 Å². The summed E-state index contributed by atoms with van der Waals surface area (Å²) >= 11 is 8.35. The number of hydrogen-bond acceptors (Lipinski definition) is 3. The van der Waals surface area contributed by atoms with Gasteiger partial charge in [0.15, 0.2) is 5.78 Å². The highest BCUT2D eigenvalue weighted by Gasteiger charge is 2.18. The summed E-state index contributed by atoms with van der Waals surface area (Å²) in [5.74, 6) is 0.202. The van der Waals surface area contributed by atoms with Gasteiger partial charge in [0.25, 0.3) is 0 Å². The van der Waals surface area contributed by atoms with Gasteiger partial charge in [0.05, 0.1) is 13.7 Å². The van der Waals surface area contributed by atoms with Crippen molar-refractivity contribution in [3.05, 3.63) is 19.2 Å². The lowest BCUT2D eigenvalue weighted by Crippen LogP contribution is -2.19. The summed E-state index contributed by atoms with van der Waals surface area (Å²) in [6.07, 6.45) is 5.20. The molecule has 1 saturated heterocycles. The predicted octanol–water partition coefficient (Wildman–Crippen LogP) is 4.81. The lowest BCUT2D eigenvalue weighted by molar-refractivity contribution is 0.0104. The fourth-order valence-corrected chi connectivity index (χ4v) is 4.85. The van der Waals surface area contributed by atoms with E-state index in [2.05, 4.69) is 31.9 Å². The van der Waals surface area contributed by atoms with E-state index in [9.17, 15) is 4.79 Å². The van der Waals surface area contributed by atoms with Crippen LogP contribution >= 0.6 is 43.2 Å². The van der Waals surface area contributed by atoms with Crippen molar-refractivity contribution >= 4 is 49.0 Å². The molecule has 1 unspecified atom stereocenters. The molecule has 0 amide bonds. The molecule has 0 N–H and O–H groups in total. The number of Topliss-reactive ketones (excluding diaryl/α,β-unsaturated/α-hetero) is 1. The second kappa shape index (κ2) is 6.45. The van der Waals surface area contributed by atoms with Gasteiger partial charge in [-0.3, -0.25) is 4.79 Å². The van der Waals surface area contributed by atoms with Crippen molar-refractivity contribution in [2.24, 2.45) is 0 Å². The summed E-state index contributed by atoms with van der Waals surface area (Å²) in [6.45, 7) is 0.854. The van der Waals surface area contributed by atoms with Gasteiger partial charge in [-0.05, 0) is 63.6 Å². The molecule has 1 fully saturated rings. The van der Waals surface area contributed by atoms with E-state index in [-0.39, 0.29) is 11.9 Å². The first-order chi connectivity index (χ1) is 8.16. The van der Waals surface area contributed by atoms with Crippen molar-refractivity contribution in [2.45, 2.75) is 38.2 Å². The van der Waals surface area contributed by atoms with Crippen LogP contribution in [0.2, 0.25) is 0 Å². The highest BCUT2D eigenvalue weighted by molar-refractivity contribution is 9.12. The van der Waals surface area contributed by atoms with Crippen LogP contribution < -0.4 is 0 Å². The standard InChI is InChI=1S/C12H14Br2O2S/c13-11-7-9(12(14)17-11)10(15)5-4-8-3-1-2-6-16-8/h7-8H,1-6H2. The number of carbonyl (C=O) groups excluding carboxylic acids is 1. The van der Waals surface area contributed by atoms with Crippen LogP contribution in [0.1, 0.15) is 42.5 Å². The molecule has 17 heavy (non-hydrogen) atoms. The number of ketones is 1. The zero-order chi connectivity index (χ0) is 12.3. The molecule has 0 aromatic carbocycles. The molecule has 2 heterocycles. The second-order valence-electron chi connectivity index (χ2n) is 4.19. The highest BCUT2D eigenvalue weighted by atomic mass is 79.9. The second-order valence-corrected chi connectivity index (χ2v) is 7.94. The SMILES string of the molecule is O=C(CCC1CCCCO1)c1cc(Br)sc1Br. The third-order valence-electron chi connectivity index (χ3n) is 2.92. The van der Waals surface area contributed by atoms with Gasteiger partial charge in [0, 0.05) is 18.6 Å². The number of thiophene rings is 1. The Hall–Kier alpha value is 0.290. The van der Waals surface area contributed by atoms with Crippen molar-refractivity contribution in [1.82, 2.24) is 0 Å². The third kappa shape index (κ3) is 3.88. The number of halogens is 2. The summed E-state index contributed by atoms with van der Waals surface area (Å²) in [5.41, 5.74) is 0.790. The number of carbonyl (C=O) groups is 1. The monoisotopic (exact) mass is 380 g/mol. The Morgan fingerprint density at radius 2 is 2.29 bits per heavy atom. The normalized spacial score (nSPS) is 20.5. The van der Waals surface area contributed by atoms with Crippen LogP contribution in [0.3, 0.4) is 0 Å². The Morgan fingerprint density at radius 3 is 2.88 bits per heavy atom. The van der Waals surface area contributed by atoms with Crippen LogP contribution in [-0.4, -0.2) is 18.5 Å². The van der Waals surface area contributed by atoms with Crippen LogP contribution in [0.5, 0.6) is 0 Å². The number of ether oxygens (including phenoxy) is 1. The van der Waals surface area contributed by atoms with Crippen LogP contribution in [0.4, 0.5) is 0 Å². The molecule has 0 aliphatic carbocycles. The molecule has 1 aliphatic rings. The van der Waals surface area contributed by atoms with Crippen molar-refractivity contribution in [2.75, 3.05) is 6.61 Å². The largest absolute Gasteiger partial charge is 0.378 e. The lowest BCUT2D eigenvalue weighted by atomic mass is 10.0. The molecule has 1 atom stereocenters. The molecular weight excluding hydrogens is 368 g/mol. The van der Waals surface area contributed by atoms with E-state index in [1.165, 1.54) is 6.42 Å².